The van der Waals surface area contributed by atoms with E-state index >= 15 is 0 Å². The van der Waals surface area contributed by atoms with E-state index in [0.29, 0.717) is 28.1 Å². The highest BCUT2D eigenvalue weighted by Gasteiger charge is 2.24. The van der Waals surface area contributed by atoms with Crippen LogP contribution in [0.2, 0.25) is 0 Å². The van der Waals surface area contributed by atoms with Gasteiger partial charge in [0, 0.05) is 16.7 Å². The topological polar surface area (TPSA) is 95.2 Å². The predicted molar refractivity (Wildman–Crippen MR) is 128 cm³/mol. The van der Waals surface area contributed by atoms with Gasteiger partial charge in [0.2, 0.25) is 0 Å². The van der Waals surface area contributed by atoms with Crippen molar-refractivity contribution in [3.8, 4) is 23.1 Å². The van der Waals surface area contributed by atoms with Gasteiger partial charge in [-0.15, -0.1) is 0 Å². The number of amides is 1. The van der Waals surface area contributed by atoms with Gasteiger partial charge in [-0.05, 0) is 37.1 Å². The highest BCUT2D eigenvalue weighted by Crippen LogP contribution is 2.36. The summed E-state index contributed by atoms with van der Waals surface area (Å²) in [6.07, 6.45) is 10.3. The van der Waals surface area contributed by atoms with Crippen molar-refractivity contribution in [2.75, 3.05) is 7.11 Å². The summed E-state index contributed by atoms with van der Waals surface area (Å²) in [6.45, 7) is 11.2. The molecule has 1 amide bonds. The van der Waals surface area contributed by atoms with Gasteiger partial charge in [-0.2, -0.15) is 5.26 Å². The van der Waals surface area contributed by atoms with Gasteiger partial charge in [-0.3, -0.25) is 10.0 Å². The second-order valence-corrected chi connectivity index (χ2v) is 6.68. The molecular weight excluding hydrogens is 402 g/mol. The number of hydrogen-bond donors (Lipinski definition) is 2. The number of aromatic nitrogens is 1. The molecule has 1 aromatic carbocycles. The first kappa shape index (κ1) is 24.1. The number of nitrogens with zero attached hydrogens (tertiary/aromatic N) is 2. The molecule has 1 aromatic heterocycles. The fourth-order valence-corrected chi connectivity index (χ4v) is 3.12. The molecule has 6 nitrogen and oxygen atoms in total. The monoisotopic (exact) mass is 427 g/mol. The van der Waals surface area contributed by atoms with Crippen LogP contribution < -0.4 is 10.2 Å². The lowest BCUT2D eigenvalue weighted by Crippen LogP contribution is -2.22. The Morgan fingerprint density at radius 2 is 1.94 bits per heavy atom. The minimum atomic E-state index is -0.723. The predicted octanol–water partition coefficient (Wildman–Crippen LogP) is 5.59. The number of rotatable bonds is 8. The Kier molecular flexibility index (Phi) is 8.46. The zero-order valence-corrected chi connectivity index (χ0v) is 18.3. The van der Waals surface area contributed by atoms with Gasteiger partial charge in [0.15, 0.2) is 5.75 Å². The number of hydroxylamine groups is 1. The number of benzene rings is 1. The van der Waals surface area contributed by atoms with E-state index in [9.17, 15) is 10.0 Å². The van der Waals surface area contributed by atoms with E-state index in [4.69, 9.17) is 15.0 Å². The normalized spacial score (nSPS) is 11.7. The molecule has 0 radical (unpaired) electrons. The summed E-state index contributed by atoms with van der Waals surface area (Å²) in [6, 6.07) is 9.57. The molecule has 0 saturated carbocycles. The molecule has 0 spiro atoms. The minimum absolute atomic E-state index is 0.135. The number of nitriles is 1. The first-order valence-electron chi connectivity index (χ1n) is 9.79. The summed E-state index contributed by atoms with van der Waals surface area (Å²) in [4.78, 5) is 17.2. The molecule has 2 aromatic rings. The van der Waals surface area contributed by atoms with Gasteiger partial charge >= 0.3 is 0 Å². The minimum Gasteiger partial charge on any atom is -0.494 e. The van der Waals surface area contributed by atoms with E-state index in [1.54, 1.807) is 36.7 Å². The van der Waals surface area contributed by atoms with E-state index in [1.807, 2.05) is 37.3 Å². The zero-order chi connectivity index (χ0) is 23.7. The molecule has 32 heavy (non-hydrogen) atoms. The van der Waals surface area contributed by atoms with E-state index in [2.05, 4.69) is 19.2 Å². The van der Waals surface area contributed by atoms with Crippen molar-refractivity contribution >= 4 is 23.6 Å². The van der Waals surface area contributed by atoms with Crippen molar-refractivity contribution in [1.29, 1.82) is 5.26 Å². The molecular formula is C26H25N3O3. The molecule has 0 aliphatic carbocycles. The van der Waals surface area contributed by atoms with E-state index in [0.717, 1.165) is 11.1 Å². The lowest BCUT2D eigenvalue weighted by molar-refractivity contribution is 0.0703. The van der Waals surface area contributed by atoms with Gasteiger partial charge in [0.1, 0.15) is 5.69 Å². The Bertz CT molecular complexity index is 1160. The third-order valence-electron chi connectivity index (χ3n) is 4.68. The SMILES string of the molecule is C=C/C(=C\C=C(/C)C#N)c1ccc(-c2nc(/C=C\C)c(C=C)c(C(=O)NO)c2OC)cc1. The highest BCUT2D eigenvalue weighted by atomic mass is 16.5. The van der Waals surface area contributed by atoms with Crippen LogP contribution in [-0.2, 0) is 0 Å². The van der Waals surface area contributed by atoms with Crippen LogP contribution >= 0.6 is 0 Å². The maximum atomic E-state index is 12.5. The standard InChI is InChI=1S/C26H25N3O3/c1-6-9-22-21(8-3)23(26(30)29-31)25(32-5)24(28-22)20-14-12-19(13-15-20)18(7-2)11-10-17(4)16-27/h6-15,31H,2-3H2,1,4-5H3,(H,29,30)/b9-6-,17-10+,18-11+. The van der Waals surface area contributed by atoms with Gasteiger partial charge in [0.25, 0.3) is 5.91 Å². The van der Waals surface area contributed by atoms with Crippen molar-refractivity contribution in [1.82, 2.24) is 10.5 Å². The maximum Gasteiger partial charge on any atom is 0.279 e. The number of methoxy groups -OCH3 is 1. The van der Waals surface area contributed by atoms with Crippen LogP contribution in [0.5, 0.6) is 5.75 Å². The summed E-state index contributed by atoms with van der Waals surface area (Å²) in [5.74, 6) is -0.501. The Balaban J connectivity index is 2.71. The Morgan fingerprint density at radius 1 is 1.25 bits per heavy atom. The molecule has 2 rings (SSSR count). The first-order chi connectivity index (χ1) is 15.4. The average Bonchev–Trinajstić information content (AvgIpc) is 2.83. The molecule has 2 N–H and O–H groups in total. The molecule has 0 unspecified atom stereocenters. The molecule has 0 aliphatic rings. The lowest BCUT2D eigenvalue weighted by Gasteiger charge is -2.17. The quantitative estimate of drug-likeness (QED) is 0.248. The number of ether oxygens (including phenoxy) is 1. The lowest BCUT2D eigenvalue weighted by atomic mass is 9.97. The molecule has 0 saturated heterocycles. The molecule has 0 atom stereocenters. The van der Waals surface area contributed by atoms with E-state index in [-0.39, 0.29) is 11.3 Å². The van der Waals surface area contributed by atoms with Crippen LogP contribution in [0.15, 0.2) is 67.3 Å². The average molecular weight is 428 g/mol. The smallest absolute Gasteiger partial charge is 0.279 e. The van der Waals surface area contributed by atoms with Gasteiger partial charge in [0.05, 0.1) is 24.4 Å². The third-order valence-corrected chi connectivity index (χ3v) is 4.68. The number of carbonyl (C=O) groups is 1. The molecule has 0 bridgehead atoms. The van der Waals surface area contributed by atoms with Crippen molar-refractivity contribution in [3.63, 3.8) is 0 Å². The molecule has 0 fully saturated rings. The Hall–Kier alpha value is -4.21. The maximum absolute atomic E-state index is 12.5. The third kappa shape index (κ3) is 5.09. The Morgan fingerprint density at radius 3 is 2.44 bits per heavy atom. The van der Waals surface area contributed by atoms with Crippen molar-refractivity contribution < 1.29 is 14.7 Å². The second-order valence-electron chi connectivity index (χ2n) is 6.68. The van der Waals surface area contributed by atoms with Crippen LogP contribution in [-0.4, -0.2) is 23.2 Å². The van der Waals surface area contributed by atoms with Crippen LogP contribution in [0.1, 0.15) is 41.0 Å². The number of allylic oxidation sites excluding steroid dienone is 6. The number of hydrogen-bond acceptors (Lipinski definition) is 5. The van der Waals surface area contributed by atoms with E-state index in [1.165, 1.54) is 13.2 Å². The van der Waals surface area contributed by atoms with Gasteiger partial charge < -0.3 is 4.74 Å². The summed E-state index contributed by atoms with van der Waals surface area (Å²) in [5, 5.41) is 18.2. The second kappa shape index (κ2) is 11.3. The van der Waals surface area contributed by atoms with Crippen LogP contribution in [0.4, 0.5) is 0 Å². The highest BCUT2D eigenvalue weighted by molar-refractivity contribution is 6.02. The summed E-state index contributed by atoms with van der Waals surface area (Å²) in [7, 11) is 1.44. The molecule has 162 valence electrons. The summed E-state index contributed by atoms with van der Waals surface area (Å²) in [5.41, 5.74) is 6.27. The fourth-order valence-electron chi connectivity index (χ4n) is 3.12. The fraction of sp³-hybridized carbons (Fsp3) is 0.115. The number of carbonyl (C=O) groups excluding carboxylic acids is 1. The zero-order valence-electron chi connectivity index (χ0n) is 18.3. The van der Waals surface area contributed by atoms with Crippen molar-refractivity contribution in [2.24, 2.45) is 0 Å². The summed E-state index contributed by atoms with van der Waals surface area (Å²) >= 11 is 0. The van der Waals surface area contributed by atoms with Gasteiger partial charge in [-0.25, -0.2) is 10.5 Å². The molecule has 1 heterocycles. The van der Waals surface area contributed by atoms with Crippen LogP contribution in [0, 0.1) is 11.3 Å². The number of pyridine rings is 1. The van der Waals surface area contributed by atoms with Crippen molar-refractivity contribution in [3.05, 3.63) is 89.7 Å². The van der Waals surface area contributed by atoms with Gasteiger partial charge in [-0.1, -0.05) is 61.7 Å². The first-order valence-corrected chi connectivity index (χ1v) is 9.79. The van der Waals surface area contributed by atoms with Crippen molar-refractivity contribution in [2.45, 2.75) is 13.8 Å². The molecule has 6 heteroatoms. The number of nitrogens with one attached hydrogen (secondary N) is 1. The Labute approximate surface area is 188 Å². The molecule has 0 aliphatic heterocycles. The van der Waals surface area contributed by atoms with Crippen LogP contribution in [0.3, 0.4) is 0 Å². The van der Waals surface area contributed by atoms with E-state index < -0.39 is 5.91 Å². The summed E-state index contributed by atoms with van der Waals surface area (Å²) < 4.78 is 5.53. The van der Waals surface area contributed by atoms with Crippen LogP contribution in [0.25, 0.3) is 29.0 Å². The largest absolute Gasteiger partial charge is 0.494 e.